The number of carboxylic acids is 1. The van der Waals surface area contributed by atoms with Crippen LogP contribution in [0.15, 0.2) is 24.3 Å². The summed E-state index contributed by atoms with van der Waals surface area (Å²) in [5.74, 6) is -1.66. The molecule has 2 rings (SSSR count). The number of urea groups is 1. The number of anilines is 1. The van der Waals surface area contributed by atoms with Gasteiger partial charge in [0, 0.05) is 23.8 Å². The average Bonchev–Trinajstić information content (AvgIpc) is 2.46. The zero-order chi connectivity index (χ0) is 16.3. The Bertz CT molecular complexity index is 602. The average molecular weight is 305 g/mol. The van der Waals surface area contributed by atoms with Crippen LogP contribution in [0.25, 0.3) is 0 Å². The smallest absolute Gasteiger partial charge is 0.316 e. The molecule has 1 aromatic rings. The lowest BCUT2D eigenvalue weighted by Crippen LogP contribution is -2.47. The van der Waals surface area contributed by atoms with Crippen LogP contribution in [0.1, 0.15) is 30.1 Å². The lowest BCUT2D eigenvalue weighted by atomic mass is 9.93. The van der Waals surface area contributed by atoms with Crippen LogP contribution in [0.5, 0.6) is 0 Å². The fourth-order valence-electron chi connectivity index (χ4n) is 2.63. The van der Waals surface area contributed by atoms with E-state index in [1.165, 1.54) is 6.07 Å². The van der Waals surface area contributed by atoms with Crippen LogP contribution in [-0.2, 0) is 4.79 Å². The number of rotatable bonds is 3. The van der Waals surface area contributed by atoms with Crippen LogP contribution in [0, 0.1) is 5.92 Å². The van der Waals surface area contributed by atoms with Gasteiger partial charge in [-0.15, -0.1) is 0 Å². The summed E-state index contributed by atoms with van der Waals surface area (Å²) in [5, 5.41) is 11.6. The van der Waals surface area contributed by atoms with Crippen molar-refractivity contribution in [2.75, 3.05) is 11.9 Å². The van der Waals surface area contributed by atoms with Crippen molar-refractivity contribution in [3.8, 4) is 0 Å². The third kappa shape index (κ3) is 3.55. The standard InChI is InChI=1S/C15H19N3O4/c1-9-5-6-11(14(20)21)8-18(9)13(19)10-3-2-4-12(7-10)17-15(16)22/h2-4,7,9,11H,5-6,8H2,1H3,(H,20,21)(H3,16,17,22). The van der Waals surface area contributed by atoms with Gasteiger partial charge in [-0.25, -0.2) is 4.79 Å². The largest absolute Gasteiger partial charge is 0.481 e. The Morgan fingerprint density at radius 1 is 1.32 bits per heavy atom. The Hall–Kier alpha value is -2.57. The van der Waals surface area contributed by atoms with Gasteiger partial charge in [-0.05, 0) is 38.0 Å². The van der Waals surface area contributed by atoms with E-state index in [9.17, 15) is 14.4 Å². The van der Waals surface area contributed by atoms with Gasteiger partial charge >= 0.3 is 12.0 Å². The van der Waals surface area contributed by atoms with Crippen molar-refractivity contribution in [1.29, 1.82) is 0 Å². The molecule has 2 atom stereocenters. The third-order valence-electron chi connectivity index (χ3n) is 3.87. The molecule has 0 aliphatic carbocycles. The van der Waals surface area contributed by atoms with E-state index in [4.69, 9.17) is 10.8 Å². The van der Waals surface area contributed by atoms with E-state index in [2.05, 4.69) is 5.32 Å². The molecule has 4 N–H and O–H groups in total. The molecule has 0 bridgehead atoms. The van der Waals surface area contributed by atoms with Crippen molar-refractivity contribution in [3.63, 3.8) is 0 Å². The molecule has 22 heavy (non-hydrogen) atoms. The molecule has 0 aromatic heterocycles. The fourth-order valence-corrected chi connectivity index (χ4v) is 2.63. The van der Waals surface area contributed by atoms with E-state index in [1.54, 1.807) is 23.1 Å². The minimum absolute atomic E-state index is 0.0177. The Kier molecular flexibility index (Phi) is 4.65. The van der Waals surface area contributed by atoms with Crippen molar-refractivity contribution in [1.82, 2.24) is 4.90 Å². The molecule has 7 nitrogen and oxygen atoms in total. The highest BCUT2D eigenvalue weighted by atomic mass is 16.4. The SMILES string of the molecule is CC1CCC(C(=O)O)CN1C(=O)c1cccc(NC(N)=O)c1. The normalized spacial score (nSPS) is 21.2. The first-order valence-electron chi connectivity index (χ1n) is 7.08. The number of nitrogens with zero attached hydrogens (tertiary/aromatic N) is 1. The number of hydrogen-bond donors (Lipinski definition) is 3. The van der Waals surface area contributed by atoms with Crippen LogP contribution in [0.2, 0.25) is 0 Å². The highest BCUT2D eigenvalue weighted by Gasteiger charge is 2.32. The van der Waals surface area contributed by atoms with E-state index < -0.39 is 17.9 Å². The van der Waals surface area contributed by atoms with Gasteiger partial charge in [0.25, 0.3) is 5.91 Å². The second-order valence-electron chi connectivity index (χ2n) is 5.49. The van der Waals surface area contributed by atoms with Gasteiger partial charge in [-0.3, -0.25) is 9.59 Å². The number of carboxylic acid groups (broad SMARTS) is 1. The van der Waals surface area contributed by atoms with Gasteiger partial charge in [-0.1, -0.05) is 6.07 Å². The second kappa shape index (κ2) is 6.46. The van der Waals surface area contributed by atoms with Crippen molar-refractivity contribution in [3.05, 3.63) is 29.8 Å². The van der Waals surface area contributed by atoms with Crippen LogP contribution in [0.4, 0.5) is 10.5 Å². The van der Waals surface area contributed by atoms with Crippen molar-refractivity contribution < 1.29 is 19.5 Å². The number of benzene rings is 1. The van der Waals surface area contributed by atoms with Gasteiger partial charge in [0.15, 0.2) is 0 Å². The summed E-state index contributed by atoms with van der Waals surface area (Å²) in [5.41, 5.74) is 5.88. The minimum atomic E-state index is -0.881. The summed E-state index contributed by atoms with van der Waals surface area (Å²) in [6.07, 6.45) is 1.23. The molecule has 118 valence electrons. The number of carbonyl (C=O) groups excluding carboxylic acids is 2. The topological polar surface area (TPSA) is 113 Å². The van der Waals surface area contributed by atoms with Crippen LogP contribution in [0.3, 0.4) is 0 Å². The molecule has 0 saturated carbocycles. The minimum Gasteiger partial charge on any atom is -0.481 e. The Morgan fingerprint density at radius 2 is 2.05 bits per heavy atom. The molecular formula is C15H19N3O4. The number of piperidine rings is 1. The quantitative estimate of drug-likeness (QED) is 0.785. The summed E-state index contributed by atoms with van der Waals surface area (Å²) < 4.78 is 0. The Labute approximate surface area is 128 Å². The number of primary amides is 1. The number of nitrogens with two attached hydrogens (primary N) is 1. The molecule has 0 spiro atoms. The molecule has 1 fully saturated rings. The van der Waals surface area contributed by atoms with Gasteiger partial charge in [0.05, 0.1) is 5.92 Å². The van der Waals surface area contributed by atoms with Crippen molar-refractivity contribution >= 4 is 23.6 Å². The highest BCUT2D eigenvalue weighted by molar-refractivity contribution is 5.97. The van der Waals surface area contributed by atoms with Crippen molar-refractivity contribution in [2.45, 2.75) is 25.8 Å². The highest BCUT2D eigenvalue weighted by Crippen LogP contribution is 2.24. The summed E-state index contributed by atoms with van der Waals surface area (Å²) in [6, 6.07) is 5.71. The van der Waals surface area contributed by atoms with E-state index in [0.717, 1.165) is 0 Å². The first-order chi connectivity index (χ1) is 10.4. The van der Waals surface area contributed by atoms with Crippen molar-refractivity contribution in [2.24, 2.45) is 11.7 Å². The lowest BCUT2D eigenvalue weighted by Gasteiger charge is -2.36. The zero-order valence-corrected chi connectivity index (χ0v) is 12.3. The van der Waals surface area contributed by atoms with E-state index in [1.807, 2.05) is 6.92 Å². The van der Waals surface area contributed by atoms with E-state index in [0.29, 0.717) is 24.1 Å². The number of likely N-dealkylation sites (tertiary alicyclic amines) is 1. The number of amides is 3. The molecule has 1 aliphatic heterocycles. The number of nitrogens with one attached hydrogen (secondary N) is 1. The molecule has 1 aromatic carbocycles. The predicted molar refractivity (Wildman–Crippen MR) is 80.5 cm³/mol. The summed E-state index contributed by atoms with van der Waals surface area (Å²) in [4.78, 5) is 36.2. The molecule has 7 heteroatoms. The first kappa shape index (κ1) is 15.8. The monoisotopic (exact) mass is 305 g/mol. The maximum absolute atomic E-state index is 12.6. The fraction of sp³-hybridized carbons (Fsp3) is 0.400. The number of hydrogen-bond acceptors (Lipinski definition) is 3. The molecular weight excluding hydrogens is 286 g/mol. The first-order valence-corrected chi connectivity index (χ1v) is 7.08. The van der Waals surface area contributed by atoms with E-state index in [-0.39, 0.29) is 18.5 Å². The zero-order valence-electron chi connectivity index (χ0n) is 12.3. The molecule has 1 heterocycles. The van der Waals surface area contributed by atoms with Crippen LogP contribution < -0.4 is 11.1 Å². The maximum atomic E-state index is 12.6. The molecule has 2 unspecified atom stereocenters. The van der Waals surface area contributed by atoms with Gasteiger partial charge < -0.3 is 21.1 Å². The summed E-state index contributed by atoms with van der Waals surface area (Å²) in [7, 11) is 0. The summed E-state index contributed by atoms with van der Waals surface area (Å²) in [6.45, 7) is 2.10. The maximum Gasteiger partial charge on any atom is 0.316 e. The van der Waals surface area contributed by atoms with Crippen LogP contribution >= 0.6 is 0 Å². The summed E-state index contributed by atoms with van der Waals surface area (Å²) >= 11 is 0. The van der Waals surface area contributed by atoms with Gasteiger partial charge in [0.1, 0.15) is 0 Å². The Balaban J connectivity index is 2.19. The van der Waals surface area contributed by atoms with Gasteiger partial charge in [-0.2, -0.15) is 0 Å². The van der Waals surface area contributed by atoms with E-state index >= 15 is 0 Å². The number of carbonyl (C=O) groups is 3. The van der Waals surface area contributed by atoms with Gasteiger partial charge in [0.2, 0.25) is 0 Å². The molecule has 1 aliphatic rings. The van der Waals surface area contributed by atoms with Crippen LogP contribution in [-0.4, -0.2) is 40.5 Å². The number of aliphatic carboxylic acids is 1. The molecule has 3 amide bonds. The molecule has 0 radical (unpaired) electrons. The lowest BCUT2D eigenvalue weighted by molar-refractivity contribution is -0.143. The Morgan fingerprint density at radius 3 is 2.68 bits per heavy atom. The molecule has 1 saturated heterocycles. The second-order valence-corrected chi connectivity index (χ2v) is 5.49. The predicted octanol–water partition coefficient (Wildman–Crippen LogP) is 1.50. The third-order valence-corrected chi connectivity index (χ3v) is 3.87.